The van der Waals surface area contributed by atoms with Gasteiger partial charge in [-0.1, -0.05) is 30.3 Å². The highest BCUT2D eigenvalue weighted by Gasteiger charge is 2.25. The third-order valence-electron chi connectivity index (χ3n) is 4.17. The molecule has 0 bridgehead atoms. The van der Waals surface area contributed by atoms with E-state index >= 15 is 0 Å². The molecule has 0 fully saturated rings. The third kappa shape index (κ3) is 4.49. The van der Waals surface area contributed by atoms with Gasteiger partial charge in [-0.05, 0) is 24.3 Å². The number of ether oxygens (including phenoxy) is 1. The molecule has 2 aromatic heterocycles. The number of hydrogen-bond donors (Lipinski definition) is 1. The minimum Gasteiger partial charge on any atom is -0.447 e. The second-order valence-electron chi connectivity index (χ2n) is 6.28. The summed E-state index contributed by atoms with van der Waals surface area (Å²) in [4.78, 5) is 30.4. The smallest absolute Gasteiger partial charge is 0.313 e. The number of anilines is 1. The average Bonchev–Trinajstić information content (AvgIpc) is 3.30. The molecule has 6 nitrogen and oxygen atoms in total. The van der Waals surface area contributed by atoms with Gasteiger partial charge in [0.1, 0.15) is 5.82 Å². The lowest BCUT2D eigenvalue weighted by atomic mass is 10.1. The molecule has 1 N–H and O–H groups in total. The Morgan fingerprint density at radius 3 is 2.62 bits per heavy atom. The number of carbonyl (C=O) groups excluding carboxylic acids is 2. The van der Waals surface area contributed by atoms with Crippen molar-refractivity contribution in [1.82, 2.24) is 9.38 Å². The molecule has 0 saturated carbocycles. The van der Waals surface area contributed by atoms with E-state index in [-0.39, 0.29) is 6.42 Å². The monoisotopic (exact) mass is 409 g/mol. The van der Waals surface area contributed by atoms with Gasteiger partial charge in [0.2, 0.25) is 6.10 Å². The van der Waals surface area contributed by atoms with Crippen molar-refractivity contribution in [2.45, 2.75) is 12.5 Å². The first-order valence-corrected chi connectivity index (χ1v) is 9.68. The Labute approximate surface area is 169 Å². The molecule has 4 aromatic rings. The van der Waals surface area contributed by atoms with Gasteiger partial charge in [-0.3, -0.25) is 14.0 Å². The molecular weight excluding hydrogens is 393 g/mol. The summed E-state index contributed by atoms with van der Waals surface area (Å²) in [5, 5.41) is 4.55. The summed E-state index contributed by atoms with van der Waals surface area (Å²) in [7, 11) is 0. The number of thiazole rings is 1. The van der Waals surface area contributed by atoms with E-state index in [0.29, 0.717) is 16.9 Å². The maximum Gasteiger partial charge on any atom is 0.313 e. The van der Waals surface area contributed by atoms with Crippen LogP contribution in [0.2, 0.25) is 0 Å². The van der Waals surface area contributed by atoms with Gasteiger partial charge in [0.15, 0.2) is 4.96 Å². The molecule has 1 atom stereocenters. The lowest BCUT2D eigenvalue weighted by Gasteiger charge is -2.18. The van der Waals surface area contributed by atoms with Crippen molar-refractivity contribution in [3.05, 3.63) is 89.4 Å². The minimum absolute atomic E-state index is 0.0540. The van der Waals surface area contributed by atoms with Crippen molar-refractivity contribution in [3.63, 3.8) is 0 Å². The van der Waals surface area contributed by atoms with Gasteiger partial charge in [-0.2, -0.15) is 0 Å². The van der Waals surface area contributed by atoms with Gasteiger partial charge in [0.05, 0.1) is 12.1 Å². The molecular formula is C21H16FN3O3S. The van der Waals surface area contributed by atoms with Gasteiger partial charge in [-0.15, -0.1) is 11.3 Å². The van der Waals surface area contributed by atoms with Gasteiger partial charge in [0.25, 0.3) is 5.91 Å². The molecule has 2 aromatic carbocycles. The normalized spacial score (nSPS) is 11.9. The van der Waals surface area contributed by atoms with Gasteiger partial charge < -0.3 is 10.1 Å². The van der Waals surface area contributed by atoms with Crippen LogP contribution >= 0.6 is 11.3 Å². The predicted octanol–water partition coefficient (Wildman–Crippen LogP) is 4.00. The lowest BCUT2D eigenvalue weighted by molar-refractivity contribution is -0.154. The van der Waals surface area contributed by atoms with Crippen molar-refractivity contribution in [2.24, 2.45) is 0 Å². The topological polar surface area (TPSA) is 72.7 Å². The highest BCUT2D eigenvalue weighted by Crippen LogP contribution is 2.21. The number of rotatable bonds is 6. The van der Waals surface area contributed by atoms with Crippen molar-refractivity contribution in [2.75, 3.05) is 5.32 Å². The number of benzene rings is 2. The third-order valence-corrected chi connectivity index (χ3v) is 4.94. The molecule has 8 heteroatoms. The number of hydrogen-bond acceptors (Lipinski definition) is 5. The van der Waals surface area contributed by atoms with Crippen molar-refractivity contribution in [1.29, 1.82) is 0 Å². The second kappa shape index (κ2) is 8.24. The summed E-state index contributed by atoms with van der Waals surface area (Å²) in [6, 6.07) is 14.1. The number of imidazole rings is 1. The molecule has 0 radical (unpaired) electrons. The van der Waals surface area contributed by atoms with Crippen LogP contribution in [0.1, 0.15) is 17.4 Å². The van der Waals surface area contributed by atoms with Crippen LogP contribution in [-0.2, 0) is 20.7 Å². The summed E-state index contributed by atoms with van der Waals surface area (Å²) in [5.41, 5.74) is 1.50. The lowest BCUT2D eigenvalue weighted by Crippen LogP contribution is -2.26. The number of nitrogens with one attached hydrogen (secondary N) is 1. The maximum atomic E-state index is 13.1. The summed E-state index contributed by atoms with van der Waals surface area (Å²) < 4.78 is 20.4. The number of carbonyl (C=O) groups is 2. The largest absolute Gasteiger partial charge is 0.447 e. The van der Waals surface area contributed by atoms with E-state index in [1.54, 1.807) is 36.5 Å². The molecule has 0 saturated heterocycles. The zero-order chi connectivity index (χ0) is 20.2. The van der Waals surface area contributed by atoms with E-state index in [1.165, 1.54) is 35.6 Å². The first-order valence-electron chi connectivity index (χ1n) is 8.80. The number of fused-ring (bicyclic) bond motifs is 1. The quantitative estimate of drug-likeness (QED) is 0.489. The van der Waals surface area contributed by atoms with Gasteiger partial charge in [-0.25, -0.2) is 9.37 Å². The molecule has 146 valence electrons. The van der Waals surface area contributed by atoms with E-state index in [4.69, 9.17) is 4.74 Å². The fourth-order valence-electron chi connectivity index (χ4n) is 2.82. The SMILES string of the molecule is O=C(Cc1cn2ccsc2n1)O[C@@H](C(=O)Nc1ccc(F)cc1)c1ccccc1. The predicted molar refractivity (Wildman–Crippen MR) is 107 cm³/mol. The molecule has 0 aliphatic rings. The van der Waals surface area contributed by atoms with Crippen LogP contribution in [0.25, 0.3) is 4.96 Å². The Hall–Kier alpha value is -3.52. The van der Waals surface area contributed by atoms with Gasteiger partial charge >= 0.3 is 5.97 Å². The van der Waals surface area contributed by atoms with E-state index in [1.807, 2.05) is 16.0 Å². The Balaban J connectivity index is 1.50. The summed E-state index contributed by atoms with van der Waals surface area (Å²) in [6.45, 7) is 0. The van der Waals surface area contributed by atoms with Crippen LogP contribution in [0, 0.1) is 5.82 Å². The first kappa shape index (κ1) is 18.8. The second-order valence-corrected chi connectivity index (χ2v) is 7.15. The standard InChI is InChI=1S/C21H16FN3O3S/c22-15-6-8-16(9-7-15)23-20(27)19(14-4-2-1-3-5-14)28-18(26)12-17-13-25-10-11-29-21(25)24-17/h1-11,13,19H,12H2,(H,23,27)/t19-/m1/s1. The molecule has 0 aliphatic heterocycles. The van der Waals surface area contributed by atoms with Gasteiger partial charge in [0, 0.05) is 29.0 Å². The van der Waals surface area contributed by atoms with E-state index in [2.05, 4.69) is 10.3 Å². The fraction of sp³-hybridized carbons (Fsp3) is 0.0952. The molecule has 4 rings (SSSR count). The number of esters is 1. The van der Waals surface area contributed by atoms with Crippen LogP contribution in [0.3, 0.4) is 0 Å². The fourth-order valence-corrected chi connectivity index (χ4v) is 3.54. The highest BCUT2D eigenvalue weighted by molar-refractivity contribution is 7.15. The molecule has 0 aliphatic carbocycles. The number of aromatic nitrogens is 2. The summed E-state index contributed by atoms with van der Waals surface area (Å²) in [5.74, 6) is -1.50. The molecule has 0 spiro atoms. The summed E-state index contributed by atoms with van der Waals surface area (Å²) >= 11 is 1.46. The average molecular weight is 409 g/mol. The highest BCUT2D eigenvalue weighted by atomic mass is 32.1. The molecule has 29 heavy (non-hydrogen) atoms. The van der Waals surface area contributed by atoms with Crippen LogP contribution in [0.5, 0.6) is 0 Å². The Bertz CT molecular complexity index is 1110. The van der Waals surface area contributed by atoms with Crippen LogP contribution in [-0.4, -0.2) is 21.3 Å². The van der Waals surface area contributed by atoms with Crippen molar-refractivity contribution < 1.29 is 18.7 Å². The first-order chi connectivity index (χ1) is 14.1. The number of amides is 1. The molecule has 1 amide bonds. The number of nitrogens with zero attached hydrogens (tertiary/aromatic N) is 2. The van der Waals surface area contributed by atoms with E-state index in [0.717, 1.165) is 4.96 Å². The zero-order valence-corrected chi connectivity index (χ0v) is 15.9. The van der Waals surface area contributed by atoms with Crippen molar-refractivity contribution >= 4 is 33.9 Å². The van der Waals surface area contributed by atoms with Crippen LogP contribution < -0.4 is 5.32 Å². The van der Waals surface area contributed by atoms with E-state index < -0.39 is 23.8 Å². The summed E-state index contributed by atoms with van der Waals surface area (Å²) in [6.07, 6.45) is 2.41. The van der Waals surface area contributed by atoms with E-state index in [9.17, 15) is 14.0 Å². The Morgan fingerprint density at radius 1 is 1.14 bits per heavy atom. The Kier molecular flexibility index (Phi) is 5.35. The van der Waals surface area contributed by atoms with Crippen molar-refractivity contribution in [3.8, 4) is 0 Å². The molecule has 2 heterocycles. The molecule has 0 unspecified atom stereocenters. The number of halogens is 1. The Morgan fingerprint density at radius 2 is 1.90 bits per heavy atom. The maximum absolute atomic E-state index is 13.1. The van der Waals surface area contributed by atoms with Crippen LogP contribution in [0.4, 0.5) is 10.1 Å². The zero-order valence-electron chi connectivity index (χ0n) is 15.1. The van der Waals surface area contributed by atoms with Crippen LogP contribution in [0.15, 0.2) is 72.4 Å². The minimum atomic E-state index is -1.14.